The zero-order valence-corrected chi connectivity index (χ0v) is 7.93. The van der Waals surface area contributed by atoms with Crippen LogP contribution in [0, 0.1) is 5.92 Å². The largest absolute Gasteiger partial charge is 0.396 e. The van der Waals surface area contributed by atoms with E-state index in [1.54, 1.807) is 0 Å². The molecule has 0 amide bonds. The summed E-state index contributed by atoms with van der Waals surface area (Å²) in [6.45, 7) is 4.66. The van der Waals surface area contributed by atoms with E-state index in [4.69, 9.17) is 5.11 Å². The quantitative estimate of drug-likeness (QED) is 0.652. The Morgan fingerprint density at radius 2 is 2.09 bits per heavy atom. The lowest BCUT2D eigenvalue weighted by Gasteiger charge is -1.84. The van der Waals surface area contributed by atoms with Crippen molar-refractivity contribution in [2.75, 3.05) is 13.7 Å². The summed E-state index contributed by atoms with van der Waals surface area (Å²) in [7, 11) is 2.02. The molecule has 1 aliphatic carbocycles. The minimum atomic E-state index is 0.344. The van der Waals surface area contributed by atoms with E-state index >= 15 is 0 Å². The van der Waals surface area contributed by atoms with Crippen LogP contribution in [-0.4, -0.2) is 24.8 Å². The van der Waals surface area contributed by atoms with Crippen molar-refractivity contribution in [3.8, 4) is 0 Å². The molecule has 0 aromatic carbocycles. The minimum absolute atomic E-state index is 0.344. The van der Waals surface area contributed by atoms with Gasteiger partial charge in [-0.1, -0.05) is 20.3 Å². The molecular formula is C9H21NO. The Morgan fingerprint density at radius 3 is 2.09 bits per heavy atom. The molecule has 0 heterocycles. The highest BCUT2D eigenvalue weighted by Crippen LogP contribution is 2.27. The molecule has 0 aromatic heterocycles. The van der Waals surface area contributed by atoms with Crippen molar-refractivity contribution in [2.24, 2.45) is 5.92 Å². The number of unbranched alkanes of at least 4 members (excludes halogenated alkanes) is 1. The molecule has 0 aromatic rings. The van der Waals surface area contributed by atoms with Gasteiger partial charge in [0.1, 0.15) is 0 Å². The predicted octanol–water partition coefficient (Wildman–Crippen LogP) is 1.39. The topological polar surface area (TPSA) is 32.3 Å². The molecule has 2 nitrogen and oxygen atoms in total. The summed E-state index contributed by atoms with van der Waals surface area (Å²) < 4.78 is 0. The lowest BCUT2D eigenvalue weighted by Crippen LogP contribution is -2.09. The second-order valence-electron chi connectivity index (χ2n) is 3.19. The highest BCUT2D eigenvalue weighted by Gasteiger charge is 2.29. The molecule has 0 aliphatic heterocycles. The van der Waals surface area contributed by atoms with Gasteiger partial charge in [0, 0.05) is 12.6 Å². The van der Waals surface area contributed by atoms with Gasteiger partial charge in [0.25, 0.3) is 0 Å². The lowest BCUT2D eigenvalue weighted by molar-refractivity contribution is 0.287. The van der Waals surface area contributed by atoms with E-state index in [1.807, 2.05) is 7.05 Å². The zero-order chi connectivity index (χ0) is 8.69. The number of aliphatic hydroxyl groups is 1. The molecule has 1 fully saturated rings. The molecule has 0 saturated heterocycles. The van der Waals surface area contributed by atoms with Crippen molar-refractivity contribution >= 4 is 0 Å². The van der Waals surface area contributed by atoms with E-state index in [9.17, 15) is 0 Å². The third-order valence-electron chi connectivity index (χ3n) is 1.99. The van der Waals surface area contributed by atoms with Gasteiger partial charge in [-0.3, -0.25) is 0 Å². The number of hydrogen-bond acceptors (Lipinski definition) is 2. The average Bonchev–Trinajstić information content (AvgIpc) is 2.69. The summed E-state index contributed by atoms with van der Waals surface area (Å²) in [5.74, 6) is 0.954. The molecule has 68 valence electrons. The van der Waals surface area contributed by atoms with Crippen LogP contribution in [0.5, 0.6) is 0 Å². The second-order valence-corrected chi connectivity index (χ2v) is 3.19. The van der Waals surface area contributed by atoms with Gasteiger partial charge in [0.2, 0.25) is 0 Å². The third kappa shape index (κ3) is 6.32. The lowest BCUT2D eigenvalue weighted by atomic mass is 10.4. The smallest absolute Gasteiger partial charge is 0.0430 e. The van der Waals surface area contributed by atoms with Crippen molar-refractivity contribution < 1.29 is 5.11 Å². The van der Waals surface area contributed by atoms with E-state index in [2.05, 4.69) is 19.2 Å². The number of rotatable bonds is 3. The first kappa shape index (κ1) is 10.9. The maximum absolute atomic E-state index is 8.07. The summed E-state index contributed by atoms with van der Waals surface area (Å²) in [6.07, 6.45) is 3.42. The molecule has 11 heavy (non-hydrogen) atoms. The van der Waals surface area contributed by atoms with E-state index in [0.717, 1.165) is 24.8 Å². The molecular weight excluding hydrogens is 138 g/mol. The Balaban J connectivity index is 0.000000187. The van der Waals surface area contributed by atoms with Gasteiger partial charge in [0.15, 0.2) is 0 Å². The van der Waals surface area contributed by atoms with E-state index in [0.29, 0.717) is 6.61 Å². The van der Waals surface area contributed by atoms with E-state index in [1.165, 1.54) is 6.42 Å². The Labute approximate surface area is 70.0 Å². The molecule has 1 rings (SSSR count). The van der Waals surface area contributed by atoms with Crippen LogP contribution >= 0.6 is 0 Å². The maximum atomic E-state index is 8.07. The van der Waals surface area contributed by atoms with Crippen molar-refractivity contribution in [3.63, 3.8) is 0 Å². The molecule has 0 spiro atoms. The molecule has 1 aliphatic rings. The van der Waals surface area contributed by atoms with E-state index in [-0.39, 0.29) is 0 Å². The molecule has 1 saturated carbocycles. The van der Waals surface area contributed by atoms with Crippen molar-refractivity contribution in [3.05, 3.63) is 0 Å². The Bertz CT molecular complexity index is 81.6. The van der Waals surface area contributed by atoms with Gasteiger partial charge < -0.3 is 10.4 Å². The number of aliphatic hydroxyl groups excluding tert-OH is 1. The van der Waals surface area contributed by atoms with Crippen molar-refractivity contribution in [2.45, 2.75) is 39.2 Å². The predicted molar refractivity (Wildman–Crippen MR) is 48.6 cm³/mol. The van der Waals surface area contributed by atoms with Gasteiger partial charge in [-0.25, -0.2) is 0 Å². The Kier molecular flexibility index (Phi) is 6.57. The van der Waals surface area contributed by atoms with Crippen LogP contribution in [0.4, 0.5) is 0 Å². The SMILES string of the molecule is CCCCO.CNC1CC1C. The highest BCUT2D eigenvalue weighted by molar-refractivity contribution is 4.87. The first-order valence-corrected chi connectivity index (χ1v) is 4.54. The summed E-state index contributed by atoms with van der Waals surface area (Å²) in [5.41, 5.74) is 0. The first-order chi connectivity index (χ1) is 5.26. The maximum Gasteiger partial charge on any atom is 0.0430 e. The fraction of sp³-hybridized carbons (Fsp3) is 1.00. The fourth-order valence-corrected chi connectivity index (χ4v) is 0.882. The van der Waals surface area contributed by atoms with Gasteiger partial charge in [0.05, 0.1) is 0 Å². The van der Waals surface area contributed by atoms with Crippen LogP contribution < -0.4 is 5.32 Å². The molecule has 2 heteroatoms. The highest BCUT2D eigenvalue weighted by atomic mass is 16.2. The first-order valence-electron chi connectivity index (χ1n) is 4.54. The van der Waals surface area contributed by atoms with Crippen molar-refractivity contribution in [1.82, 2.24) is 5.32 Å². The second kappa shape index (κ2) is 6.62. The molecule has 0 radical (unpaired) electrons. The van der Waals surface area contributed by atoms with Gasteiger partial charge in [-0.2, -0.15) is 0 Å². The fourth-order valence-electron chi connectivity index (χ4n) is 0.882. The molecule has 2 N–H and O–H groups in total. The van der Waals surface area contributed by atoms with Gasteiger partial charge in [-0.15, -0.1) is 0 Å². The molecule has 2 atom stereocenters. The summed E-state index contributed by atoms with van der Waals surface area (Å²) in [5, 5.41) is 11.3. The van der Waals surface area contributed by atoms with Gasteiger partial charge >= 0.3 is 0 Å². The van der Waals surface area contributed by atoms with Gasteiger partial charge in [-0.05, 0) is 25.8 Å². The Morgan fingerprint density at radius 1 is 1.55 bits per heavy atom. The van der Waals surface area contributed by atoms with Crippen LogP contribution in [0.3, 0.4) is 0 Å². The summed E-state index contributed by atoms with van der Waals surface area (Å²) in [4.78, 5) is 0. The number of hydrogen-bond donors (Lipinski definition) is 2. The number of nitrogens with one attached hydrogen (secondary N) is 1. The minimum Gasteiger partial charge on any atom is -0.396 e. The van der Waals surface area contributed by atoms with Crippen LogP contribution in [0.2, 0.25) is 0 Å². The summed E-state index contributed by atoms with van der Waals surface area (Å²) >= 11 is 0. The zero-order valence-electron chi connectivity index (χ0n) is 7.93. The molecule has 2 unspecified atom stereocenters. The standard InChI is InChI=1S/C5H11N.C4H10O/c1-4-3-5(4)6-2;1-2-3-4-5/h4-6H,3H2,1-2H3;5H,2-4H2,1H3. The average molecular weight is 159 g/mol. The van der Waals surface area contributed by atoms with Crippen LogP contribution in [0.15, 0.2) is 0 Å². The summed E-state index contributed by atoms with van der Waals surface area (Å²) in [6, 6.07) is 0.852. The van der Waals surface area contributed by atoms with Crippen LogP contribution in [0.25, 0.3) is 0 Å². The Hall–Kier alpha value is -0.0800. The molecule has 0 bridgehead atoms. The monoisotopic (exact) mass is 159 g/mol. The third-order valence-corrected chi connectivity index (χ3v) is 1.99. The van der Waals surface area contributed by atoms with Crippen molar-refractivity contribution in [1.29, 1.82) is 0 Å². The van der Waals surface area contributed by atoms with E-state index < -0.39 is 0 Å². The van der Waals surface area contributed by atoms with Crippen LogP contribution in [-0.2, 0) is 0 Å². The normalized spacial score (nSPS) is 27.3. The van der Waals surface area contributed by atoms with Crippen LogP contribution in [0.1, 0.15) is 33.1 Å².